The van der Waals surface area contributed by atoms with E-state index in [1.54, 1.807) is 30.4 Å². The number of rotatable bonds is 5. The lowest BCUT2D eigenvalue weighted by Gasteiger charge is -2.30. The molecule has 3 heterocycles. The number of nitrogens with one attached hydrogen (secondary N) is 2. The topological polar surface area (TPSA) is 92.8 Å². The number of aromatic hydroxyl groups is 1. The van der Waals surface area contributed by atoms with Crippen LogP contribution in [0.2, 0.25) is 0 Å². The predicted octanol–water partition coefficient (Wildman–Crippen LogP) is 4.50. The third-order valence-electron chi connectivity index (χ3n) is 6.63. The molecule has 4 aromatic rings. The second-order valence-corrected chi connectivity index (χ2v) is 8.70. The Morgan fingerprint density at radius 3 is 2.83 bits per heavy atom. The lowest BCUT2D eigenvalue weighted by molar-refractivity contribution is -0.116. The van der Waals surface area contributed by atoms with Crippen molar-refractivity contribution in [1.29, 1.82) is 0 Å². The maximum absolute atomic E-state index is 13.3. The highest BCUT2D eigenvalue weighted by atomic mass is 16.7. The van der Waals surface area contributed by atoms with Gasteiger partial charge in [0, 0.05) is 16.6 Å². The molecule has 176 valence electrons. The molecule has 0 bridgehead atoms. The van der Waals surface area contributed by atoms with Crippen LogP contribution in [0.25, 0.3) is 17.0 Å². The van der Waals surface area contributed by atoms with Gasteiger partial charge < -0.3 is 24.3 Å². The number of hydrogen-bond acceptors (Lipinski definition) is 6. The number of phenols is 1. The summed E-state index contributed by atoms with van der Waals surface area (Å²) in [4.78, 5) is 16.9. The van der Waals surface area contributed by atoms with Crippen molar-refractivity contribution >= 4 is 22.8 Å². The molecule has 0 spiro atoms. The average molecular weight is 469 g/mol. The van der Waals surface area contributed by atoms with Crippen LogP contribution in [0.1, 0.15) is 28.4 Å². The number of ether oxygens (including phenoxy) is 3. The van der Waals surface area contributed by atoms with Crippen LogP contribution >= 0.6 is 0 Å². The minimum absolute atomic E-state index is 0.0290. The Bertz CT molecular complexity index is 1470. The molecule has 0 amide bonds. The van der Waals surface area contributed by atoms with Gasteiger partial charge in [0.2, 0.25) is 6.79 Å². The SMILES string of the molecule is COc1cc(C=CC(=O)C2Cc3c([nH]c4ccccc34)C(c3ccc4c(c3)OCO4)N2)ccc1O. The smallest absolute Gasteiger partial charge is 0.231 e. The summed E-state index contributed by atoms with van der Waals surface area (Å²) in [6.45, 7) is 0.211. The van der Waals surface area contributed by atoms with Gasteiger partial charge in [-0.3, -0.25) is 10.1 Å². The van der Waals surface area contributed by atoms with E-state index in [2.05, 4.69) is 22.4 Å². The molecule has 0 radical (unpaired) electrons. The highest BCUT2D eigenvalue weighted by Gasteiger charge is 2.33. The molecule has 0 saturated carbocycles. The van der Waals surface area contributed by atoms with E-state index in [0.29, 0.717) is 17.9 Å². The zero-order valence-electron chi connectivity index (χ0n) is 19.1. The van der Waals surface area contributed by atoms with Crippen molar-refractivity contribution < 1.29 is 24.1 Å². The fraction of sp³-hybridized carbons (Fsp3) is 0.179. The summed E-state index contributed by atoms with van der Waals surface area (Å²) < 4.78 is 16.2. The molecule has 35 heavy (non-hydrogen) atoms. The number of ketones is 1. The van der Waals surface area contributed by atoms with E-state index < -0.39 is 6.04 Å². The van der Waals surface area contributed by atoms with Crippen molar-refractivity contribution in [2.24, 2.45) is 0 Å². The van der Waals surface area contributed by atoms with E-state index in [4.69, 9.17) is 14.2 Å². The fourth-order valence-electron chi connectivity index (χ4n) is 4.87. The molecule has 0 fully saturated rings. The summed E-state index contributed by atoms with van der Waals surface area (Å²) in [6, 6.07) is 18.4. The number of methoxy groups -OCH3 is 1. The van der Waals surface area contributed by atoms with E-state index in [1.807, 2.05) is 30.3 Å². The van der Waals surface area contributed by atoms with Crippen molar-refractivity contribution in [3.63, 3.8) is 0 Å². The molecular formula is C28H24N2O5. The molecule has 6 rings (SSSR count). The van der Waals surface area contributed by atoms with Crippen molar-refractivity contribution in [3.05, 3.63) is 89.1 Å². The monoisotopic (exact) mass is 468 g/mol. The van der Waals surface area contributed by atoms with E-state index in [9.17, 15) is 9.90 Å². The molecule has 2 atom stereocenters. The van der Waals surface area contributed by atoms with Crippen molar-refractivity contribution in [2.75, 3.05) is 13.9 Å². The van der Waals surface area contributed by atoms with Gasteiger partial charge in [-0.1, -0.05) is 36.4 Å². The second-order valence-electron chi connectivity index (χ2n) is 8.70. The van der Waals surface area contributed by atoms with Gasteiger partial charge in [-0.15, -0.1) is 0 Å². The number of phenolic OH excluding ortho intramolecular Hbond substituents is 1. The lowest BCUT2D eigenvalue weighted by Crippen LogP contribution is -2.44. The first kappa shape index (κ1) is 21.3. The van der Waals surface area contributed by atoms with Gasteiger partial charge in [0.1, 0.15) is 0 Å². The van der Waals surface area contributed by atoms with Crippen LogP contribution in [0.15, 0.2) is 66.7 Å². The predicted molar refractivity (Wildman–Crippen MR) is 132 cm³/mol. The maximum Gasteiger partial charge on any atom is 0.231 e. The summed E-state index contributed by atoms with van der Waals surface area (Å²) in [7, 11) is 1.49. The van der Waals surface area contributed by atoms with E-state index in [0.717, 1.165) is 39.0 Å². The number of aromatic nitrogens is 1. The zero-order valence-corrected chi connectivity index (χ0v) is 19.1. The summed E-state index contributed by atoms with van der Waals surface area (Å²) in [5, 5.41) is 14.5. The summed E-state index contributed by atoms with van der Waals surface area (Å²) in [6.07, 6.45) is 3.90. The first-order valence-corrected chi connectivity index (χ1v) is 11.4. The van der Waals surface area contributed by atoms with E-state index >= 15 is 0 Å². The van der Waals surface area contributed by atoms with Crippen LogP contribution in [0.5, 0.6) is 23.0 Å². The van der Waals surface area contributed by atoms with Crippen molar-refractivity contribution in [3.8, 4) is 23.0 Å². The first-order chi connectivity index (χ1) is 17.1. The lowest BCUT2D eigenvalue weighted by atomic mass is 9.88. The van der Waals surface area contributed by atoms with E-state index in [1.165, 1.54) is 7.11 Å². The normalized spacial score (nSPS) is 18.7. The number of benzene rings is 3. The van der Waals surface area contributed by atoms with Crippen LogP contribution in [0, 0.1) is 0 Å². The zero-order chi connectivity index (χ0) is 23.9. The Morgan fingerprint density at radius 1 is 1.09 bits per heavy atom. The molecule has 2 unspecified atom stereocenters. The first-order valence-electron chi connectivity index (χ1n) is 11.4. The van der Waals surface area contributed by atoms with Gasteiger partial charge in [0.25, 0.3) is 0 Å². The Kier molecular flexibility index (Phi) is 5.19. The minimum atomic E-state index is -0.410. The molecule has 7 heteroatoms. The molecule has 0 aliphatic carbocycles. The molecule has 0 saturated heterocycles. The van der Waals surface area contributed by atoms with Gasteiger partial charge in [0.05, 0.1) is 19.2 Å². The van der Waals surface area contributed by atoms with Crippen LogP contribution in [-0.2, 0) is 11.2 Å². The highest BCUT2D eigenvalue weighted by molar-refractivity contribution is 5.99. The molecule has 1 aromatic heterocycles. The van der Waals surface area contributed by atoms with Crippen LogP contribution in [0.3, 0.4) is 0 Å². The Morgan fingerprint density at radius 2 is 1.94 bits per heavy atom. The van der Waals surface area contributed by atoms with Gasteiger partial charge in [-0.05, 0) is 59.5 Å². The average Bonchev–Trinajstić information content (AvgIpc) is 3.51. The largest absolute Gasteiger partial charge is 0.504 e. The molecule has 3 N–H and O–H groups in total. The third-order valence-corrected chi connectivity index (χ3v) is 6.63. The van der Waals surface area contributed by atoms with Crippen molar-refractivity contribution in [1.82, 2.24) is 10.3 Å². The number of H-pyrrole nitrogens is 1. The standard InChI is InChI=1S/C28H24N2O5/c1-33-25-12-16(7-10-23(25)32)6-9-22(31)21-14-19-18-4-2-3-5-20(18)29-28(19)27(30-21)17-8-11-24-26(13-17)35-15-34-24/h2-13,21,27,29-30,32H,14-15H2,1H3. The Hall–Kier alpha value is -4.23. The van der Waals surface area contributed by atoms with Crippen LogP contribution in [-0.4, -0.2) is 35.8 Å². The van der Waals surface area contributed by atoms with Gasteiger partial charge in [-0.2, -0.15) is 0 Å². The highest BCUT2D eigenvalue weighted by Crippen LogP contribution is 2.39. The number of fused-ring (bicyclic) bond motifs is 4. The quantitative estimate of drug-likeness (QED) is 0.374. The number of hydrogen-bond donors (Lipinski definition) is 3. The number of carbonyl (C=O) groups excluding carboxylic acids is 1. The molecule has 7 nitrogen and oxygen atoms in total. The van der Waals surface area contributed by atoms with E-state index in [-0.39, 0.29) is 24.4 Å². The van der Waals surface area contributed by atoms with Gasteiger partial charge >= 0.3 is 0 Å². The summed E-state index contributed by atoms with van der Waals surface area (Å²) in [5.41, 5.74) is 5.00. The molecular weight excluding hydrogens is 444 g/mol. The second kappa shape index (κ2) is 8.52. The van der Waals surface area contributed by atoms with Gasteiger partial charge in [-0.25, -0.2) is 0 Å². The fourth-order valence-corrected chi connectivity index (χ4v) is 4.87. The Labute approximate surface area is 202 Å². The third kappa shape index (κ3) is 3.80. The van der Waals surface area contributed by atoms with Crippen molar-refractivity contribution in [2.45, 2.75) is 18.5 Å². The number of para-hydroxylation sites is 1. The molecule has 3 aromatic carbocycles. The Balaban J connectivity index is 1.35. The minimum Gasteiger partial charge on any atom is -0.504 e. The van der Waals surface area contributed by atoms with Crippen LogP contribution in [0.4, 0.5) is 0 Å². The number of carbonyl (C=O) groups is 1. The summed E-state index contributed by atoms with van der Waals surface area (Å²) in [5.74, 6) is 1.82. The molecule has 2 aliphatic heterocycles. The molecule has 2 aliphatic rings. The van der Waals surface area contributed by atoms with Crippen LogP contribution < -0.4 is 19.5 Å². The summed E-state index contributed by atoms with van der Waals surface area (Å²) >= 11 is 0. The number of aromatic amines is 1. The maximum atomic E-state index is 13.3. The van der Waals surface area contributed by atoms with Gasteiger partial charge in [0.15, 0.2) is 28.8 Å².